The van der Waals surface area contributed by atoms with Crippen molar-refractivity contribution in [2.75, 3.05) is 25.0 Å². The molecular weight excluding hydrogens is 336 g/mol. The Morgan fingerprint density at radius 1 is 0.815 bits per heavy atom. The molecule has 4 heteroatoms. The third-order valence-electron chi connectivity index (χ3n) is 4.33. The molecule has 0 spiro atoms. The number of carbonyl (C=O) groups excluding carboxylic acids is 1. The Hall–Kier alpha value is -3.01. The number of anilines is 1. The highest BCUT2D eigenvalue weighted by Gasteiger charge is 2.03. The van der Waals surface area contributed by atoms with E-state index in [9.17, 15) is 4.79 Å². The smallest absolute Gasteiger partial charge is 0.220 e. The third-order valence-corrected chi connectivity index (χ3v) is 4.33. The molecule has 0 saturated heterocycles. The van der Waals surface area contributed by atoms with E-state index in [0.717, 1.165) is 35.2 Å². The largest absolute Gasteiger partial charge is 0.493 e. The van der Waals surface area contributed by atoms with Gasteiger partial charge in [0.2, 0.25) is 5.91 Å². The Morgan fingerprint density at radius 2 is 1.59 bits per heavy atom. The molecule has 0 fully saturated rings. The quantitative estimate of drug-likeness (QED) is 0.518. The first kappa shape index (κ1) is 18.8. The summed E-state index contributed by atoms with van der Waals surface area (Å²) < 4.78 is 5.87. The zero-order valence-corrected chi connectivity index (χ0v) is 15.5. The van der Waals surface area contributed by atoms with E-state index in [2.05, 4.69) is 28.8 Å². The predicted octanol–water partition coefficient (Wildman–Crippen LogP) is 4.62. The number of nitrogens with one attached hydrogen (secondary N) is 2. The van der Waals surface area contributed by atoms with Crippen molar-refractivity contribution in [3.63, 3.8) is 0 Å². The van der Waals surface area contributed by atoms with Gasteiger partial charge in [-0.1, -0.05) is 54.6 Å². The molecule has 0 atom stereocenters. The van der Waals surface area contributed by atoms with Gasteiger partial charge in [0.1, 0.15) is 5.75 Å². The van der Waals surface area contributed by atoms with Crippen molar-refractivity contribution in [2.45, 2.75) is 19.3 Å². The van der Waals surface area contributed by atoms with Crippen LogP contribution in [0.5, 0.6) is 5.75 Å². The summed E-state index contributed by atoms with van der Waals surface area (Å²) in [6, 6.07) is 24.3. The molecule has 0 bridgehead atoms. The van der Waals surface area contributed by atoms with Gasteiger partial charge in [0, 0.05) is 30.6 Å². The highest BCUT2D eigenvalue weighted by atomic mass is 16.5. The van der Waals surface area contributed by atoms with Gasteiger partial charge < -0.3 is 15.4 Å². The monoisotopic (exact) mass is 362 g/mol. The van der Waals surface area contributed by atoms with Crippen LogP contribution in [0.3, 0.4) is 0 Å². The minimum absolute atomic E-state index is 0.0798. The van der Waals surface area contributed by atoms with Crippen molar-refractivity contribution in [3.8, 4) is 5.75 Å². The summed E-state index contributed by atoms with van der Waals surface area (Å²) in [6.45, 7) is 2.06. The van der Waals surface area contributed by atoms with Crippen LogP contribution < -0.4 is 15.4 Å². The molecule has 0 aliphatic heterocycles. The lowest BCUT2D eigenvalue weighted by Gasteiger charge is -2.10. The van der Waals surface area contributed by atoms with E-state index < -0.39 is 0 Å². The Labute approximate surface area is 160 Å². The molecule has 4 nitrogen and oxygen atoms in total. The van der Waals surface area contributed by atoms with Gasteiger partial charge in [0.25, 0.3) is 0 Å². The minimum Gasteiger partial charge on any atom is -0.493 e. The van der Waals surface area contributed by atoms with Crippen molar-refractivity contribution in [3.05, 3.63) is 72.8 Å². The predicted molar refractivity (Wildman–Crippen MR) is 111 cm³/mol. The average Bonchev–Trinajstić information content (AvgIpc) is 2.72. The summed E-state index contributed by atoms with van der Waals surface area (Å²) in [7, 11) is 0. The van der Waals surface area contributed by atoms with E-state index in [4.69, 9.17) is 4.74 Å². The molecule has 0 heterocycles. The summed E-state index contributed by atoms with van der Waals surface area (Å²) in [5, 5.41) is 8.57. The molecule has 2 N–H and O–H groups in total. The SMILES string of the molecule is O=C(CCCOc1cccc2ccccc12)NCCCNc1ccccc1. The van der Waals surface area contributed by atoms with Gasteiger partial charge in [0.05, 0.1) is 6.61 Å². The standard InChI is InChI=1S/C23H26N2O2/c26-23(25-17-8-16-24-20-11-2-1-3-12-20)15-7-18-27-22-14-6-10-19-9-4-5-13-21(19)22/h1-6,9-14,24H,7-8,15-18H2,(H,25,26). The fourth-order valence-corrected chi connectivity index (χ4v) is 2.93. The van der Waals surface area contributed by atoms with Crippen LogP contribution in [0.2, 0.25) is 0 Å². The summed E-state index contributed by atoms with van der Waals surface area (Å²) in [6.07, 6.45) is 2.08. The first-order valence-electron chi connectivity index (χ1n) is 9.49. The van der Waals surface area contributed by atoms with E-state index in [0.29, 0.717) is 26.0 Å². The molecule has 0 saturated carbocycles. The number of amides is 1. The topological polar surface area (TPSA) is 50.4 Å². The molecule has 0 aromatic heterocycles. The van der Waals surface area contributed by atoms with E-state index in [1.54, 1.807) is 0 Å². The van der Waals surface area contributed by atoms with Crippen LogP contribution in [0.4, 0.5) is 5.69 Å². The summed E-state index contributed by atoms with van der Waals surface area (Å²) in [4.78, 5) is 11.9. The molecule has 3 rings (SSSR count). The van der Waals surface area contributed by atoms with Gasteiger partial charge in [-0.25, -0.2) is 0 Å². The summed E-state index contributed by atoms with van der Waals surface area (Å²) in [5.74, 6) is 0.955. The van der Waals surface area contributed by atoms with Crippen LogP contribution in [-0.4, -0.2) is 25.6 Å². The van der Waals surface area contributed by atoms with Gasteiger partial charge in [-0.2, -0.15) is 0 Å². The van der Waals surface area contributed by atoms with Crippen LogP contribution in [0.25, 0.3) is 10.8 Å². The Kier molecular flexibility index (Phi) is 7.10. The Morgan fingerprint density at radius 3 is 2.48 bits per heavy atom. The molecular formula is C23H26N2O2. The van der Waals surface area contributed by atoms with Crippen LogP contribution in [0, 0.1) is 0 Å². The van der Waals surface area contributed by atoms with Crippen molar-refractivity contribution in [1.82, 2.24) is 5.32 Å². The second-order valence-corrected chi connectivity index (χ2v) is 6.43. The fourth-order valence-electron chi connectivity index (χ4n) is 2.93. The van der Waals surface area contributed by atoms with Crippen molar-refractivity contribution < 1.29 is 9.53 Å². The minimum atomic E-state index is 0.0798. The molecule has 0 unspecified atom stereocenters. The Balaban J connectivity index is 1.28. The van der Waals surface area contributed by atoms with Crippen molar-refractivity contribution in [1.29, 1.82) is 0 Å². The number of hydrogen-bond donors (Lipinski definition) is 2. The molecule has 0 radical (unpaired) electrons. The molecule has 0 aliphatic rings. The maximum atomic E-state index is 11.9. The van der Waals surface area contributed by atoms with Crippen molar-refractivity contribution >= 4 is 22.4 Å². The lowest BCUT2D eigenvalue weighted by atomic mass is 10.1. The second-order valence-electron chi connectivity index (χ2n) is 6.43. The van der Waals surface area contributed by atoms with Crippen LogP contribution in [0.15, 0.2) is 72.8 Å². The van der Waals surface area contributed by atoms with E-state index in [1.165, 1.54) is 0 Å². The fraction of sp³-hybridized carbons (Fsp3) is 0.261. The maximum Gasteiger partial charge on any atom is 0.220 e. The average molecular weight is 362 g/mol. The van der Waals surface area contributed by atoms with E-state index >= 15 is 0 Å². The third kappa shape index (κ3) is 6.03. The van der Waals surface area contributed by atoms with Gasteiger partial charge in [-0.3, -0.25) is 4.79 Å². The summed E-state index contributed by atoms with van der Waals surface area (Å²) >= 11 is 0. The maximum absolute atomic E-state index is 11.9. The van der Waals surface area contributed by atoms with Gasteiger partial charge in [-0.15, -0.1) is 0 Å². The first-order valence-corrected chi connectivity index (χ1v) is 9.49. The first-order chi connectivity index (χ1) is 13.3. The van der Waals surface area contributed by atoms with Crippen molar-refractivity contribution in [2.24, 2.45) is 0 Å². The molecule has 0 aliphatic carbocycles. The van der Waals surface area contributed by atoms with Gasteiger partial charge in [-0.05, 0) is 36.4 Å². The zero-order valence-electron chi connectivity index (χ0n) is 15.5. The van der Waals surface area contributed by atoms with Crippen LogP contribution in [0.1, 0.15) is 19.3 Å². The number of benzene rings is 3. The number of carbonyl (C=O) groups is 1. The zero-order chi connectivity index (χ0) is 18.7. The lowest BCUT2D eigenvalue weighted by Crippen LogP contribution is -2.25. The van der Waals surface area contributed by atoms with E-state index in [1.807, 2.05) is 54.6 Å². The van der Waals surface area contributed by atoms with Gasteiger partial charge >= 0.3 is 0 Å². The highest BCUT2D eigenvalue weighted by molar-refractivity contribution is 5.88. The normalized spacial score (nSPS) is 10.5. The molecule has 3 aromatic rings. The van der Waals surface area contributed by atoms with Crippen LogP contribution in [-0.2, 0) is 4.79 Å². The summed E-state index contributed by atoms with van der Waals surface area (Å²) in [5.41, 5.74) is 1.11. The number of fused-ring (bicyclic) bond motifs is 1. The molecule has 140 valence electrons. The van der Waals surface area contributed by atoms with E-state index in [-0.39, 0.29) is 5.91 Å². The number of para-hydroxylation sites is 1. The van der Waals surface area contributed by atoms with Crippen LogP contribution >= 0.6 is 0 Å². The Bertz CT molecular complexity index is 844. The molecule has 27 heavy (non-hydrogen) atoms. The number of ether oxygens (including phenoxy) is 1. The second kappa shape index (κ2) is 10.2. The number of hydrogen-bond acceptors (Lipinski definition) is 3. The molecule has 1 amide bonds. The molecule has 3 aromatic carbocycles. The highest BCUT2D eigenvalue weighted by Crippen LogP contribution is 2.25. The van der Waals surface area contributed by atoms with Gasteiger partial charge in [0.15, 0.2) is 0 Å². The lowest BCUT2D eigenvalue weighted by molar-refractivity contribution is -0.121. The number of rotatable bonds is 10.